The third-order valence-electron chi connectivity index (χ3n) is 3.15. The molecule has 110 valence electrons. The molecule has 0 radical (unpaired) electrons. The lowest BCUT2D eigenvalue weighted by Gasteiger charge is -2.28. The van der Waals surface area contributed by atoms with Gasteiger partial charge in [-0.05, 0) is 20.8 Å². The molecule has 0 aromatic carbocycles. The second kappa shape index (κ2) is 6.07. The van der Waals surface area contributed by atoms with Crippen LogP contribution in [0.2, 0.25) is 0 Å². The number of nitrogens with zero attached hydrogens (tertiary/aromatic N) is 1. The van der Waals surface area contributed by atoms with Gasteiger partial charge in [-0.2, -0.15) is 0 Å². The maximum Gasteiger partial charge on any atom is 0.410 e. The van der Waals surface area contributed by atoms with Crippen LogP contribution in [0.4, 0.5) is 4.79 Å². The summed E-state index contributed by atoms with van der Waals surface area (Å²) in [5, 5.41) is 3.37. The number of ether oxygens (including phenoxy) is 3. The number of rotatable bonds is 0. The molecule has 0 aliphatic carbocycles. The Hall–Kier alpha value is -0.850. The van der Waals surface area contributed by atoms with E-state index in [0.29, 0.717) is 32.9 Å². The number of carbonyl (C=O) groups excluding carboxylic acids is 1. The van der Waals surface area contributed by atoms with Crippen LogP contribution >= 0.6 is 0 Å². The van der Waals surface area contributed by atoms with Gasteiger partial charge < -0.3 is 24.4 Å². The van der Waals surface area contributed by atoms with Gasteiger partial charge in [-0.3, -0.25) is 0 Å². The van der Waals surface area contributed by atoms with E-state index >= 15 is 0 Å². The van der Waals surface area contributed by atoms with E-state index in [-0.39, 0.29) is 18.2 Å². The number of carbonyl (C=O) groups is 1. The standard InChI is InChI=1S/C13H24N2O4/c1-13(2,3)19-12(16)15-5-7-18-11-9-17-6-4-14-10(11)8-15/h10-11,14H,4-9H2,1-3H3. The molecule has 2 aliphatic rings. The molecule has 6 nitrogen and oxygen atoms in total. The molecule has 0 spiro atoms. The van der Waals surface area contributed by atoms with Crippen molar-refractivity contribution in [1.29, 1.82) is 0 Å². The molecule has 0 aromatic rings. The van der Waals surface area contributed by atoms with E-state index in [1.165, 1.54) is 0 Å². The van der Waals surface area contributed by atoms with Crippen LogP contribution < -0.4 is 5.32 Å². The van der Waals surface area contributed by atoms with Crippen molar-refractivity contribution in [3.8, 4) is 0 Å². The Kier molecular flexibility index (Phi) is 4.65. The van der Waals surface area contributed by atoms with Crippen LogP contribution in [0.5, 0.6) is 0 Å². The van der Waals surface area contributed by atoms with Crippen molar-refractivity contribution in [3.63, 3.8) is 0 Å². The van der Waals surface area contributed by atoms with Gasteiger partial charge >= 0.3 is 6.09 Å². The lowest BCUT2D eigenvalue weighted by Crippen LogP contribution is -2.49. The molecular formula is C13H24N2O4. The van der Waals surface area contributed by atoms with E-state index in [4.69, 9.17) is 14.2 Å². The molecule has 2 aliphatic heterocycles. The van der Waals surface area contributed by atoms with Gasteiger partial charge in [0.05, 0.1) is 32.0 Å². The van der Waals surface area contributed by atoms with Crippen molar-refractivity contribution < 1.29 is 19.0 Å². The Morgan fingerprint density at radius 2 is 2.16 bits per heavy atom. The molecular weight excluding hydrogens is 248 g/mol. The summed E-state index contributed by atoms with van der Waals surface area (Å²) in [5.74, 6) is 0. The third-order valence-corrected chi connectivity index (χ3v) is 3.15. The smallest absolute Gasteiger partial charge is 0.410 e. The minimum atomic E-state index is -0.469. The second-order valence-electron chi connectivity index (χ2n) is 5.97. The van der Waals surface area contributed by atoms with Crippen molar-refractivity contribution >= 4 is 6.09 Å². The topological polar surface area (TPSA) is 60.0 Å². The van der Waals surface area contributed by atoms with E-state index in [1.807, 2.05) is 20.8 Å². The Labute approximate surface area is 114 Å². The highest BCUT2D eigenvalue weighted by Gasteiger charge is 2.32. The van der Waals surface area contributed by atoms with E-state index < -0.39 is 5.60 Å². The lowest BCUT2D eigenvalue weighted by molar-refractivity contribution is -0.00628. The molecule has 1 amide bonds. The number of amides is 1. The van der Waals surface area contributed by atoms with Crippen LogP contribution in [0, 0.1) is 0 Å². The first kappa shape index (κ1) is 14.6. The number of hydrogen-bond acceptors (Lipinski definition) is 5. The normalized spacial score (nSPS) is 29.1. The van der Waals surface area contributed by atoms with Gasteiger partial charge in [-0.15, -0.1) is 0 Å². The molecule has 2 saturated heterocycles. The zero-order valence-electron chi connectivity index (χ0n) is 12.0. The Balaban J connectivity index is 1.97. The van der Waals surface area contributed by atoms with Gasteiger partial charge in [0.25, 0.3) is 0 Å². The fourth-order valence-corrected chi connectivity index (χ4v) is 2.25. The Bertz CT molecular complexity index is 316. The maximum atomic E-state index is 12.1. The molecule has 2 fully saturated rings. The SMILES string of the molecule is CC(C)(C)OC(=O)N1CCOC2COCCNC2C1. The van der Waals surface area contributed by atoms with Crippen LogP contribution in [0.1, 0.15) is 20.8 Å². The first-order valence-electron chi connectivity index (χ1n) is 6.86. The average Bonchev–Trinajstić information content (AvgIpc) is 2.60. The van der Waals surface area contributed by atoms with E-state index in [9.17, 15) is 4.79 Å². The van der Waals surface area contributed by atoms with Gasteiger partial charge in [0.2, 0.25) is 0 Å². The molecule has 6 heteroatoms. The summed E-state index contributed by atoms with van der Waals surface area (Å²) in [6.07, 6.45) is -0.265. The number of hydrogen-bond donors (Lipinski definition) is 1. The van der Waals surface area contributed by atoms with E-state index in [2.05, 4.69) is 5.32 Å². The molecule has 0 aromatic heterocycles. The second-order valence-corrected chi connectivity index (χ2v) is 5.97. The highest BCUT2D eigenvalue weighted by Crippen LogP contribution is 2.15. The molecule has 1 N–H and O–H groups in total. The fraction of sp³-hybridized carbons (Fsp3) is 0.923. The van der Waals surface area contributed by atoms with Crippen LogP contribution in [0.15, 0.2) is 0 Å². The predicted octanol–water partition coefficient (Wildman–Crippen LogP) is 0.611. The highest BCUT2D eigenvalue weighted by atomic mass is 16.6. The van der Waals surface area contributed by atoms with Gasteiger partial charge in [0, 0.05) is 19.6 Å². The largest absolute Gasteiger partial charge is 0.444 e. The van der Waals surface area contributed by atoms with Crippen molar-refractivity contribution in [2.45, 2.75) is 38.5 Å². The van der Waals surface area contributed by atoms with Crippen LogP contribution in [0.25, 0.3) is 0 Å². The minimum Gasteiger partial charge on any atom is -0.444 e. The highest BCUT2D eigenvalue weighted by molar-refractivity contribution is 5.68. The fourth-order valence-electron chi connectivity index (χ4n) is 2.25. The molecule has 0 bridgehead atoms. The molecule has 19 heavy (non-hydrogen) atoms. The first-order valence-corrected chi connectivity index (χ1v) is 6.86. The van der Waals surface area contributed by atoms with Gasteiger partial charge in [0.15, 0.2) is 0 Å². The predicted molar refractivity (Wildman–Crippen MR) is 70.2 cm³/mol. The van der Waals surface area contributed by atoms with Crippen LogP contribution in [0.3, 0.4) is 0 Å². The molecule has 2 unspecified atom stereocenters. The monoisotopic (exact) mass is 272 g/mol. The Morgan fingerprint density at radius 1 is 1.37 bits per heavy atom. The molecule has 2 heterocycles. The molecule has 0 saturated carbocycles. The summed E-state index contributed by atoms with van der Waals surface area (Å²) in [6, 6.07) is 0.109. The van der Waals surface area contributed by atoms with E-state index in [0.717, 1.165) is 6.54 Å². The quantitative estimate of drug-likeness (QED) is 0.700. The summed E-state index contributed by atoms with van der Waals surface area (Å²) in [4.78, 5) is 13.8. The first-order chi connectivity index (χ1) is 8.96. The molecule has 2 atom stereocenters. The van der Waals surface area contributed by atoms with E-state index in [1.54, 1.807) is 4.90 Å². The number of nitrogens with one attached hydrogen (secondary N) is 1. The Morgan fingerprint density at radius 3 is 2.89 bits per heavy atom. The summed E-state index contributed by atoms with van der Waals surface area (Å²) in [5.41, 5.74) is -0.469. The summed E-state index contributed by atoms with van der Waals surface area (Å²) in [6.45, 7) is 9.35. The van der Waals surface area contributed by atoms with Crippen LogP contribution in [-0.4, -0.2) is 68.2 Å². The lowest BCUT2D eigenvalue weighted by atomic mass is 10.1. The third kappa shape index (κ3) is 4.33. The maximum absolute atomic E-state index is 12.1. The zero-order valence-corrected chi connectivity index (χ0v) is 12.0. The van der Waals surface area contributed by atoms with Crippen molar-refractivity contribution in [2.75, 3.05) is 39.5 Å². The van der Waals surface area contributed by atoms with Crippen LogP contribution in [-0.2, 0) is 14.2 Å². The summed E-state index contributed by atoms with van der Waals surface area (Å²) >= 11 is 0. The zero-order chi connectivity index (χ0) is 13.9. The van der Waals surface area contributed by atoms with Crippen molar-refractivity contribution in [2.24, 2.45) is 0 Å². The van der Waals surface area contributed by atoms with Gasteiger partial charge in [-0.25, -0.2) is 4.79 Å². The van der Waals surface area contributed by atoms with Gasteiger partial charge in [-0.1, -0.05) is 0 Å². The molecule has 2 rings (SSSR count). The van der Waals surface area contributed by atoms with Crippen molar-refractivity contribution in [3.05, 3.63) is 0 Å². The number of fused-ring (bicyclic) bond motifs is 1. The average molecular weight is 272 g/mol. The van der Waals surface area contributed by atoms with Gasteiger partial charge in [0.1, 0.15) is 5.60 Å². The minimum absolute atomic E-state index is 0.00920. The van der Waals surface area contributed by atoms with Crippen molar-refractivity contribution in [1.82, 2.24) is 10.2 Å². The summed E-state index contributed by atoms with van der Waals surface area (Å²) in [7, 11) is 0. The summed E-state index contributed by atoms with van der Waals surface area (Å²) < 4.78 is 16.7.